The molecule has 1 N–H and O–H groups in total. The van der Waals surface area contributed by atoms with Crippen molar-refractivity contribution in [2.24, 2.45) is 0 Å². The number of ether oxygens (including phenoxy) is 1. The molecular formula is C20H18BrClN2O2S. The lowest BCUT2D eigenvalue weighted by atomic mass is 10.1. The highest BCUT2D eigenvalue weighted by Gasteiger charge is 2.14. The second-order valence-electron chi connectivity index (χ2n) is 5.96. The van der Waals surface area contributed by atoms with E-state index in [2.05, 4.69) is 26.2 Å². The zero-order chi connectivity index (χ0) is 19.2. The van der Waals surface area contributed by atoms with Crippen molar-refractivity contribution < 1.29 is 9.53 Å². The third-order valence-electron chi connectivity index (χ3n) is 3.87. The van der Waals surface area contributed by atoms with E-state index in [1.807, 2.05) is 48.7 Å². The first-order valence-corrected chi connectivity index (χ1v) is 10.4. The van der Waals surface area contributed by atoms with Crippen LogP contribution >= 0.6 is 38.9 Å². The number of halogens is 2. The number of carbonyl (C=O) groups excluding carboxylic acids is 1. The topological polar surface area (TPSA) is 51.2 Å². The van der Waals surface area contributed by atoms with Gasteiger partial charge < -0.3 is 10.1 Å². The first-order valence-electron chi connectivity index (χ1n) is 8.36. The molecule has 0 unspecified atom stereocenters. The molecule has 0 fully saturated rings. The van der Waals surface area contributed by atoms with Crippen LogP contribution in [-0.4, -0.2) is 10.9 Å². The van der Waals surface area contributed by atoms with Gasteiger partial charge in [0.05, 0.1) is 18.2 Å². The maximum atomic E-state index is 12.3. The third kappa shape index (κ3) is 5.79. The molecule has 0 saturated heterocycles. The average molecular weight is 466 g/mol. The van der Waals surface area contributed by atoms with Gasteiger partial charge in [-0.3, -0.25) is 4.79 Å². The van der Waals surface area contributed by atoms with Crippen molar-refractivity contribution in [2.45, 2.75) is 26.0 Å². The van der Waals surface area contributed by atoms with E-state index in [-0.39, 0.29) is 18.4 Å². The van der Waals surface area contributed by atoms with Crippen molar-refractivity contribution in [3.05, 3.63) is 79.7 Å². The fourth-order valence-electron chi connectivity index (χ4n) is 2.53. The Morgan fingerprint density at radius 1 is 1.26 bits per heavy atom. The average Bonchev–Trinajstić information content (AvgIpc) is 3.08. The molecule has 0 radical (unpaired) electrons. The standard InChI is InChI=1S/C20H18BrClN2O2S/c1-13(17-4-2-3-5-18(17)21)23-19(25)10-15-12-27-20(24-15)11-26-16-8-6-14(22)7-9-16/h2-9,12-13H,10-11H2,1H3,(H,23,25)/t13-/m1/s1. The molecule has 3 aromatic rings. The molecule has 7 heteroatoms. The molecule has 1 atom stereocenters. The minimum absolute atomic E-state index is 0.0614. The predicted octanol–water partition coefficient (Wildman–Crippen LogP) is 5.56. The molecule has 2 aromatic carbocycles. The first kappa shape index (κ1) is 19.9. The lowest BCUT2D eigenvalue weighted by Crippen LogP contribution is -2.28. The summed E-state index contributed by atoms with van der Waals surface area (Å²) >= 11 is 10.9. The zero-order valence-corrected chi connectivity index (χ0v) is 17.8. The van der Waals surface area contributed by atoms with Crippen LogP contribution in [0.3, 0.4) is 0 Å². The number of carbonyl (C=O) groups is 1. The van der Waals surface area contributed by atoms with E-state index >= 15 is 0 Å². The lowest BCUT2D eigenvalue weighted by molar-refractivity contribution is -0.121. The van der Waals surface area contributed by atoms with Gasteiger partial charge in [-0.05, 0) is 42.8 Å². The molecule has 0 aliphatic carbocycles. The minimum Gasteiger partial charge on any atom is -0.486 e. The summed E-state index contributed by atoms with van der Waals surface area (Å²) in [5.41, 5.74) is 1.78. The molecule has 4 nitrogen and oxygen atoms in total. The molecule has 27 heavy (non-hydrogen) atoms. The summed E-state index contributed by atoms with van der Waals surface area (Å²) in [5.74, 6) is 0.671. The van der Waals surface area contributed by atoms with E-state index in [1.54, 1.807) is 12.1 Å². The van der Waals surface area contributed by atoms with Crippen LogP contribution in [0.5, 0.6) is 5.75 Å². The van der Waals surface area contributed by atoms with Crippen molar-refractivity contribution >= 4 is 44.8 Å². The summed E-state index contributed by atoms with van der Waals surface area (Å²) in [4.78, 5) is 16.8. The van der Waals surface area contributed by atoms with Crippen molar-refractivity contribution in [3.8, 4) is 5.75 Å². The molecule has 0 aliphatic heterocycles. The molecule has 0 saturated carbocycles. The van der Waals surface area contributed by atoms with Gasteiger partial charge in [-0.2, -0.15) is 0 Å². The Morgan fingerprint density at radius 3 is 2.74 bits per heavy atom. The Morgan fingerprint density at radius 2 is 2.00 bits per heavy atom. The van der Waals surface area contributed by atoms with Crippen LogP contribution in [0.4, 0.5) is 0 Å². The summed E-state index contributed by atoms with van der Waals surface area (Å²) in [6.45, 7) is 2.33. The normalized spacial score (nSPS) is 11.8. The number of nitrogens with one attached hydrogen (secondary N) is 1. The number of aromatic nitrogens is 1. The van der Waals surface area contributed by atoms with Crippen molar-refractivity contribution in [1.29, 1.82) is 0 Å². The fraction of sp³-hybridized carbons (Fsp3) is 0.200. The number of rotatable bonds is 7. The predicted molar refractivity (Wildman–Crippen MR) is 112 cm³/mol. The summed E-state index contributed by atoms with van der Waals surface area (Å²) in [5, 5.41) is 6.40. The highest BCUT2D eigenvalue weighted by atomic mass is 79.9. The van der Waals surface area contributed by atoms with E-state index in [0.29, 0.717) is 11.6 Å². The van der Waals surface area contributed by atoms with Crippen molar-refractivity contribution in [2.75, 3.05) is 0 Å². The van der Waals surface area contributed by atoms with Gasteiger partial charge in [0, 0.05) is 14.9 Å². The fourth-order valence-corrected chi connectivity index (χ4v) is 3.99. The number of hydrogen-bond acceptors (Lipinski definition) is 4. The monoisotopic (exact) mass is 464 g/mol. The summed E-state index contributed by atoms with van der Waals surface area (Å²) < 4.78 is 6.66. The van der Waals surface area contributed by atoms with Crippen LogP contribution in [0.2, 0.25) is 5.02 Å². The van der Waals surface area contributed by atoms with Gasteiger partial charge in [0.25, 0.3) is 0 Å². The molecule has 1 heterocycles. The van der Waals surface area contributed by atoms with E-state index in [4.69, 9.17) is 16.3 Å². The molecule has 3 rings (SSSR count). The van der Waals surface area contributed by atoms with Gasteiger partial charge in [0.2, 0.25) is 5.91 Å². The molecule has 140 valence electrons. The number of amides is 1. The number of thiazole rings is 1. The van der Waals surface area contributed by atoms with Crippen molar-refractivity contribution in [3.63, 3.8) is 0 Å². The molecule has 0 spiro atoms. The third-order valence-corrected chi connectivity index (χ3v) is 5.71. The second-order valence-corrected chi connectivity index (χ2v) is 8.20. The van der Waals surface area contributed by atoms with E-state index < -0.39 is 0 Å². The van der Waals surface area contributed by atoms with Gasteiger partial charge in [-0.15, -0.1) is 11.3 Å². The highest BCUT2D eigenvalue weighted by Crippen LogP contribution is 2.23. The maximum Gasteiger partial charge on any atom is 0.226 e. The van der Waals surface area contributed by atoms with Crippen molar-refractivity contribution in [1.82, 2.24) is 10.3 Å². The Balaban J connectivity index is 1.51. The smallest absolute Gasteiger partial charge is 0.226 e. The molecule has 1 amide bonds. The maximum absolute atomic E-state index is 12.3. The van der Waals surface area contributed by atoms with Gasteiger partial charge in [0.15, 0.2) is 0 Å². The van der Waals surface area contributed by atoms with Crippen LogP contribution in [0, 0.1) is 0 Å². The van der Waals surface area contributed by atoms with Crippen LogP contribution in [0.1, 0.15) is 29.2 Å². The van der Waals surface area contributed by atoms with E-state index in [0.717, 1.165) is 26.5 Å². The van der Waals surface area contributed by atoms with Gasteiger partial charge in [-0.25, -0.2) is 4.98 Å². The first-order chi connectivity index (χ1) is 13.0. The van der Waals surface area contributed by atoms with Crippen LogP contribution < -0.4 is 10.1 Å². The Bertz CT molecular complexity index is 914. The summed E-state index contributed by atoms with van der Waals surface area (Å²) in [6.07, 6.45) is 0.242. The quantitative estimate of drug-likeness (QED) is 0.497. The second kappa shape index (κ2) is 9.35. The number of nitrogens with zero attached hydrogens (tertiary/aromatic N) is 1. The largest absolute Gasteiger partial charge is 0.486 e. The molecule has 0 bridgehead atoms. The number of benzene rings is 2. The Labute approximate surface area is 175 Å². The Kier molecular flexibility index (Phi) is 6.88. The highest BCUT2D eigenvalue weighted by molar-refractivity contribution is 9.10. The van der Waals surface area contributed by atoms with Crippen LogP contribution in [-0.2, 0) is 17.8 Å². The molecular weight excluding hydrogens is 448 g/mol. The van der Waals surface area contributed by atoms with Crippen LogP contribution in [0.25, 0.3) is 0 Å². The SMILES string of the molecule is C[C@@H](NC(=O)Cc1csc(COc2ccc(Cl)cc2)n1)c1ccccc1Br. The van der Waals surface area contributed by atoms with Gasteiger partial charge >= 0.3 is 0 Å². The van der Waals surface area contributed by atoms with Crippen LogP contribution in [0.15, 0.2) is 58.4 Å². The number of hydrogen-bond donors (Lipinski definition) is 1. The lowest BCUT2D eigenvalue weighted by Gasteiger charge is -2.15. The van der Waals surface area contributed by atoms with Gasteiger partial charge in [0.1, 0.15) is 17.4 Å². The zero-order valence-electron chi connectivity index (χ0n) is 14.6. The summed E-state index contributed by atoms with van der Waals surface area (Å²) in [6, 6.07) is 15.0. The van der Waals surface area contributed by atoms with E-state index in [1.165, 1.54) is 11.3 Å². The van der Waals surface area contributed by atoms with E-state index in [9.17, 15) is 4.79 Å². The Hall–Kier alpha value is -1.89. The minimum atomic E-state index is -0.0839. The van der Waals surface area contributed by atoms with Gasteiger partial charge in [-0.1, -0.05) is 45.7 Å². The molecule has 1 aromatic heterocycles. The summed E-state index contributed by atoms with van der Waals surface area (Å²) in [7, 11) is 0. The molecule has 0 aliphatic rings.